The summed E-state index contributed by atoms with van der Waals surface area (Å²) in [6.45, 7) is 2.95. The summed E-state index contributed by atoms with van der Waals surface area (Å²) in [5.74, 6) is 1.24. The Morgan fingerprint density at radius 3 is 2.43 bits per heavy atom. The van der Waals surface area contributed by atoms with Crippen molar-refractivity contribution >= 4 is 24.2 Å². The molecule has 2 aromatic carbocycles. The van der Waals surface area contributed by atoms with E-state index in [-0.39, 0.29) is 10.6 Å². The molecule has 182 valence electrons. The maximum Gasteiger partial charge on any atom is 0.269 e. The number of nitrogens with zero attached hydrogens (tertiary/aromatic N) is 4. The van der Waals surface area contributed by atoms with Crippen LogP contribution in [0, 0.1) is 10.1 Å². The van der Waals surface area contributed by atoms with Crippen LogP contribution in [0.15, 0.2) is 69.5 Å². The van der Waals surface area contributed by atoms with Gasteiger partial charge < -0.3 is 19.1 Å². The van der Waals surface area contributed by atoms with Gasteiger partial charge in [0.1, 0.15) is 0 Å². The highest BCUT2D eigenvalue weighted by Crippen LogP contribution is 2.35. The molecule has 0 aromatic heterocycles. The number of hydrogen-bond acceptors (Lipinski definition) is 8. The second-order valence-electron chi connectivity index (χ2n) is 8.06. The van der Waals surface area contributed by atoms with Gasteiger partial charge in [-0.1, -0.05) is 6.07 Å². The second kappa shape index (κ2) is 11.4. The summed E-state index contributed by atoms with van der Waals surface area (Å²) >= 11 is 0. The van der Waals surface area contributed by atoms with E-state index in [1.165, 1.54) is 17.7 Å². The van der Waals surface area contributed by atoms with E-state index in [1.54, 1.807) is 32.6 Å². The minimum atomic E-state index is -0.387. The first-order chi connectivity index (χ1) is 17.1. The van der Waals surface area contributed by atoms with Crippen LogP contribution in [0.25, 0.3) is 6.08 Å². The maximum absolute atomic E-state index is 11.0. The van der Waals surface area contributed by atoms with Crippen molar-refractivity contribution in [2.45, 2.75) is 12.8 Å². The van der Waals surface area contributed by atoms with E-state index in [0.717, 1.165) is 48.3 Å². The summed E-state index contributed by atoms with van der Waals surface area (Å²) in [6.07, 6.45) is 7.26. The van der Waals surface area contributed by atoms with Crippen LogP contribution in [-0.2, 0) is 4.74 Å². The molecule has 2 aliphatic rings. The lowest BCUT2D eigenvalue weighted by molar-refractivity contribution is -0.384. The fraction of sp³-hybridized carbons (Fsp3) is 0.308. The van der Waals surface area contributed by atoms with Crippen molar-refractivity contribution in [3.8, 4) is 11.5 Å². The molecule has 0 atom stereocenters. The van der Waals surface area contributed by atoms with E-state index in [4.69, 9.17) is 14.2 Å². The van der Waals surface area contributed by atoms with Crippen LogP contribution in [0.4, 0.5) is 5.69 Å². The highest BCUT2D eigenvalue weighted by molar-refractivity contribution is 5.87. The fourth-order valence-electron chi connectivity index (χ4n) is 4.28. The van der Waals surface area contributed by atoms with Gasteiger partial charge >= 0.3 is 0 Å². The number of ether oxygens (including phenoxy) is 3. The Kier molecular flexibility index (Phi) is 7.89. The molecule has 0 saturated carbocycles. The molecule has 9 nitrogen and oxygen atoms in total. The Morgan fingerprint density at radius 1 is 1.00 bits per heavy atom. The standard InChI is InChI=1S/C26H28N4O5/c1-33-24-5-3-4-22(26(24)34-2)18-28-27-17-21-9-8-20(25(21)29-12-14-35-15-13-29)16-19-6-10-23(11-7-19)30(31)32/h3-7,10-11,16-18H,8-9,12-15H2,1-2H3. The highest BCUT2D eigenvalue weighted by Gasteiger charge is 2.25. The maximum atomic E-state index is 11.0. The van der Waals surface area contributed by atoms with E-state index >= 15 is 0 Å². The first kappa shape index (κ1) is 24.2. The van der Waals surface area contributed by atoms with E-state index in [0.29, 0.717) is 24.7 Å². The summed E-state index contributed by atoms with van der Waals surface area (Å²) in [5, 5.41) is 19.5. The molecule has 0 radical (unpaired) electrons. The van der Waals surface area contributed by atoms with Crippen LogP contribution in [0.1, 0.15) is 24.0 Å². The Morgan fingerprint density at radius 2 is 1.74 bits per heavy atom. The first-order valence-corrected chi connectivity index (χ1v) is 11.4. The number of non-ortho nitro benzene ring substituents is 1. The van der Waals surface area contributed by atoms with Crippen LogP contribution < -0.4 is 9.47 Å². The molecular formula is C26H28N4O5. The number of nitro benzene ring substituents is 1. The fourth-order valence-corrected chi connectivity index (χ4v) is 4.28. The molecule has 35 heavy (non-hydrogen) atoms. The van der Waals surface area contributed by atoms with Crippen molar-refractivity contribution in [3.05, 3.63) is 80.5 Å². The highest BCUT2D eigenvalue weighted by atomic mass is 16.6. The van der Waals surface area contributed by atoms with E-state index in [1.807, 2.05) is 24.4 Å². The lowest BCUT2D eigenvalue weighted by atomic mass is 10.1. The van der Waals surface area contributed by atoms with E-state index < -0.39 is 0 Å². The van der Waals surface area contributed by atoms with Crippen LogP contribution in [0.5, 0.6) is 11.5 Å². The number of allylic oxidation sites excluding steroid dienone is 2. The molecule has 0 N–H and O–H groups in total. The third-order valence-corrected chi connectivity index (χ3v) is 5.95. The van der Waals surface area contributed by atoms with Crippen LogP contribution in [0.2, 0.25) is 0 Å². The van der Waals surface area contributed by atoms with E-state index in [9.17, 15) is 10.1 Å². The molecule has 2 aromatic rings. The lowest BCUT2D eigenvalue weighted by Gasteiger charge is -2.31. The summed E-state index contributed by atoms with van der Waals surface area (Å²) < 4.78 is 16.3. The predicted octanol–water partition coefficient (Wildman–Crippen LogP) is 4.48. The zero-order valence-corrected chi connectivity index (χ0v) is 19.8. The van der Waals surface area contributed by atoms with Gasteiger partial charge in [-0.15, -0.1) is 0 Å². The molecule has 0 amide bonds. The van der Waals surface area contributed by atoms with Crippen LogP contribution >= 0.6 is 0 Å². The Labute approximate surface area is 204 Å². The third kappa shape index (κ3) is 5.75. The molecule has 0 spiro atoms. The van der Waals surface area contributed by atoms with Crippen molar-refractivity contribution in [1.29, 1.82) is 0 Å². The Bertz CT molecular complexity index is 1180. The van der Waals surface area contributed by atoms with Crippen molar-refractivity contribution in [3.63, 3.8) is 0 Å². The Hall–Kier alpha value is -3.98. The zero-order chi connectivity index (χ0) is 24.6. The normalized spacial score (nSPS) is 17.7. The van der Waals surface area contributed by atoms with Crippen molar-refractivity contribution in [2.75, 3.05) is 40.5 Å². The smallest absolute Gasteiger partial charge is 0.269 e. The molecule has 1 heterocycles. The predicted molar refractivity (Wildman–Crippen MR) is 135 cm³/mol. The van der Waals surface area contributed by atoms with Crippen LogP contribution in [-0.4, -0.2) is 62.8 Å². The quantitative estimate of drug-likeness (QED) is 0.316. The third-order valence-electron chi connectivity index (χ3n) is 5.95. The number of hydrogen-bond donors (Lipinski definition) is 0. The van der Waals surface area contributed by atoms with Crippen LogP contribution in [0.3, 0.4) is 0 Å². The lowest BCUT2D eigenvalue weighted by Crippen LogP contribution is -2.36. The monoisotopic (exact) mass is 476 g/mol. The number of rotatable bonds is 8. The van der Waals surface area contributed by atoms with Gasteiger partial charge in [-0.25, -0.2) is 0 Å². The van der Waals surface area contributed by atoms with Gasteiger partial charge in [-0.05, 0) is 59.9 Å². The van der Waals surface area contributed by atoms with Crippen molar-refractivity contribution in [2.24, 2.45) is 10.2 Å². The van der Waals surface area contributed by atoms with Crippen molar-refractivity contribution < 1.29 is 19.1 Å². The van der Waals surface area contributed by atoms with Gasteiger partial charge in [0.05, 0.1) is 44.8 Å². The molecule has 1 fully saturated rings. The summed E-state index contributed by atoms with van der Waals surface area (Å²) in [7, 11) is 3.19. The van der Waals surface area contributed by atoms with Gasteiger partial charge in [0, 0.05) is 36.5 Å². The minimum Gasteiger partial charge on any atom is -0.493 e. The number of para-hydroxylation sites is 1. The van der Waals surface area contributed by atoms with Crippen molar-refractivity contribution in [1.82, 2.24) is 4.90 Å². The topological polar surface area (TPSA) is 98.8 Å². The molecule has 1 aliphatic carbocycles. The van der Waals surface area contributed by atoms with Gasteiger partial charge in [0.25, 0.3) is 5.69 Å². The average Bonchev–Trinajstić information content (AvgIpc) is 3.29. The van der Waals surface area contributed by atoms with Gasteiger partial charge in [0.2, 0.25) is 0 Å². The summed E-state index contributed by atoms with van der Waals surface area (Å²) in [5.41, 5.74) is 5.22. The largest absolute Gasteiger partial charge is 0.493 e. The van der Waals surface area contributed by atoms with Gasteiger partial charge in [0.15, 0.2) is 11.5 Å². The number of benzene rings is 2. The summed E-state index contributed by atoms with van der Waals surface area (Å²) in [6, 6.07) is 12.2. The molecule has 0 bridgehead atoms. The molecule has 9 heteroatoms. The minimum absolute atomic E-state index is 0.0841. The van der Waals surface area contributed by atoms with Gasteiger partial charge in [-0.2, -0.15) is 10.2 Å². The summed E-state index contributed by atoms with van der Waals surface area (Å²) in [4.78, 5) is 12.9. The molecule has 4 rings (SSSR count). The SMILES string of the molecule is COc1cccc(C=NN=CC2=C(N3CCOCC3)C(=Cc3ccc([N+](=O)[O-])cc3)CC2)c1OC. The molecule has 0 unspecified atom stereocenters. The molecule has 1 saturated heterocycles. The Balaban J connectivity index is 1.60. The second-order valence-corrected chi connectivity index (χ2v) is 8.06. The average molecular weight is 477 g/mol. The van der Waals surface area contributed by atoms with E-state index in [2.05, 4.69) is 21.2 Å². The molecular weight excluding hydrogens is 448 g/mol. The first-order valence-electron chi connectivity index (χ1n) is 11.4. The van der Waals surface area contributed by atoms with Gasteiger partial charge in [-0.3, -0.25) is 10.1 Å². The number of morpholine rings is 1. The number of methoxy groups -OCH3 is 2. The molecule has 1 aliphatic heterocycles. The number of nitro groups is 1. The zero-order valence-electron chi connectivity index (χ0n) is 19.8.